The van der Waals surface area contributed by atoms with Crippen LogP contribution in [0.3, 0.4) is 0 Å². The summed E-state index contributed by atoms with van der Waals surface area (Å²) in [4.78, 5) is 36.6. The van der Waals surface area contributed by atoms with Crippen LogP contribution in [0.15, 0.2) is 131 Å². The highest BCUT2D eigenvalue weighted by Gasteiger charge is 2.26. The van der Waals surface area contributed by atoms with E-state index < -0.39 is 0 Å². The van der Waals surface area contributed by atoms with E-state index in [1.165, 1.54) is 0 Å². The minimum Gasteiger partial charge on any atom is -0.507 e. The van der Waals surface area contributed by atoms with Crippen molar-refractivity contribution >= 4 is 35.4 Å². The van der Waals surface area contributed by atoms with Crippen molar-refractivity contribution in [2.75, 3.05) is 0 Å². The van der Waals surface area contributed by atoms with Crippen molar-refractivity contribution in [3.63, 3.8) is 0 Å². The molecule has 324 valence electrons. The van der Waals surface area contributed by atoms with E-state index in [9.17, 15) is 19.8 Å². The normalized spacial score (nSPS) is 12.6. The molecule has 2 N–H and O–H groups in total. The highest BCUT2D eigenvalue weighted by molar-refractivity contribution is 6.10. The van der Waals surface area contributed by atoms with Gasteiger partial charge in [-0.3, -0.25) is 19.6 Å². The van der Waals surface area contributed by atoms with Crippen LogP contribution in [0.5, 0.6) is 11.5 Å². The van der Waals surface area contributed by atoms with E-state index in [1.54, 1.807) is 36.7 Å². The molecule has 0 aliphatic rings. The number of aliphatic imine (C=N–C) groups is 2. The number of hydrogen-bond acceptors (Lipinski definition) is 6. The van der Waals surface area contributed by atoms with Gasteiger partial charge in [-0.25, -0.2) is 0 Å². The Kier molecular flexibility index (Phi) is 13.0. The van der Waals surface area contributed by atoms with E-state index in [0.29, 0.717) is 51.2 Å². The van der Waals surface area contributed by atoms with Crippen LogP contribution < -0.4 is 0 Å². The average Bonchev–Trinajstić information content (AvgIpc) is 3.21. The van der Waals surface area contributed by atoms with Crippen molar-refractivity contribution in [2.45, 2.75) is 111 Å². The minimum absolute atomic E-state index is 0.105. The fourth-order valence-electron chi connectivity index (χ4n) is 7.38. The lowest BCUT2D eigenvalue weighted by molar-refractivity contribution is 0.103. The first kappa shape index (κ1) is 46.1. The maximum Gasteiger partial charge on any atom is 0.193 e. The van der Waals surface area contributed by atoms with Crippen LogP contribution in [0.2, 0.25) is 0 Å². The number of phenols is 2. The smallest absolute Gasteiger partial charge is 0.193 e. The van der Waals surface area contributed by atoms with E-state index in [-0.39, 0.29) is 44.7 Å². The van der Waals surface area contributed by atoms with E-state index >= 15 is 0 Å². The van der Waals surface area contributed by atoms with Gasteiger partial charge in [0, 0.05) is 56.9 Å². The number of ketones is 2. The Balaban J connectivity index is 1.12. The van der Waals surface area contributed by atoms with Crippen molar-refractivity contribution in [3.8, 4) is 11.5 Å². The summed E-state index contributed by atoms with van der Waals surface area (Å²) in [6.07, 6.45) is 4.00. The molecule has 0 heterocycles. The first-order valence-corrected chi connectivity index (χ1v) is 21.7. The molecule has 0 unspecified atom stereocenters. The summed E-state index contributed by atoms with van der Waals surface area (Å²) in [5.74, 6) is 0.226. The number of carbonyl (C=O) groups is 2. The molecule has 0 aliphatic carbocycles. The Bertz CT molecular complexity index is 2520. The van der Waals surface area contributed by atoms with Crippen molar-refractivity contribution in [2.24, 2.45) is 9.98 Å². The van der Waals surface area contributed by atoms with E-state index in [1.807, 2.05) is 84.9 Å². The second kappa shape index (κ2) is 17.8. The summed E-state index contributed by atoms with van der Waals surface area (Å²) >= 11 is 0. The van der Waals surface area contributed by atoms with Gasteiger partial charge >= 0.3 is 0 Å². The second-order valence-corrected chi connectivity index (χ2v) is 20.8. The summed E-state index contributed by atoms with van der Waals surface area (Å²) in [6, 6.07) is 37.8. The zero-order valence-corrected chi connectivity index (χ0v) is 39.0. The first-order chi connectivity index (χ1) is 29.4. The van der Waals surface area contributed by atoms with Crippen LogP contribution in [-0.4, -0.2) is 34.2 Å². The van der Waals surface area contributed by atoms with Gasteiger partial charge in [0.05, 0.1) is 11.4 Å². The Morgan fingerprint density at radius 1 is 0.444 bits per heavy atom. The standard InChI is InChI=1S/C57H62N2O4/c1-54(2,3)44-28-42(52(62)48(32-44)56(7,8)9)34-58-46-17-13-15-40(30-46)50(60)38-23-19-36(20-24-38)27-37-21-25-39(26-22-37)51(61)41-16-14-18-47(31-41)59-35-43-29-45(55(4,5)6)33-49(53(43)63)57(10,11)12/h13-26,28-35,62-63H,27H2,1-12H3. The van der Waals surface area contributed by atoms with Gasteiger partial charge in [0.15, 0.2) is 11.6 Å². The third-order valence-electron chi connectivity index (χ3n) is 11.4. The van der Waals surface area contributed by atoms with E-state index in [0.717, 1.165) is 33.4 Å². The molecule has 6 aromatic carbocycles. The first-order valence-electron chi connectivity index (χ1n) is 21.7. The molecule has 0 amide bonds. The van der Waals surface area contributed by atoms with Crippen LogP contribution in [0.25, 0.3) is 0 Å². The lowest BCUT2D eigenvalue weighted by Crippen LogP contribution is -2.17. The predicted octanol–water partition coefficient (Wildman–Crippen LogP) is 13.8. The topological polar surface area (TPSA) is 99.3 Å². The van der Waals surface area contributed by atoms with Gasteiger partial charge in [-0.2, -0.15) is 0 Å². The van der Waals surface area contributed by atoms with Crippen LogP contribution >= 0.6 is 0 Å². The summed E-state index contributed by atoms with van der Waals surface area (Å²) < 4.78 is 0. The highest BCUT2D eigenvalue weighted by atomic mass is 16.3. The molecule has 0 bridgehead atoms. The fraction of sp³-hybridized carbons (Fsp3) is 0.298. The molecule has 6 heteroatoms. The van der Waals surface area contributed by atoms with Crippen molar-refractivity contribution in [3.05, 3.63) is 188 Å². The predicted molar refractivity (Wildman–Crippen MR) is 261 cm³/mol. The number of phenolic OH excluding ortho intramolecular Hbond substituents is 2. The fourth-order valence-corrected chi connectivity index (χ4v) is 7.38. The summed E-state index contributed by atoms with van der Waals surface area (Å²) in [7, 11) is 0. The maximum absolute atomic E-state index is 13.6. The minimum atomic E-state index is -0.252. The molecule has 63 heavy (non-hydrogen) atoms. The molecular formula is C57H62N2O4. The van der Waals surface area contributed by atoms with Gasteiger partial charge in [0.2, 0.25) is 0 Å². The van der Waals surface area contributed by atoms with Crippen LogP contribution in [-0.2, 0) is 28.1 Å². The largest absolute Gasteiger partial charge is 0.507 e. The van der Waals surface area contributed by atoms with Crippen LogP contribution in [0.1, 0.15) is 159 Å². The monoisotopic (exact) mass is 838 g/mol. The van der Waals surface area contributed by atoms with Crippen molar-refractivity contribution in [1.29, 1.82) is 0 Å². The van der Waals surface area contributed by atoms with Crippen LogP contribution in [0, 0.1) is 0 Å². The van der Waals surface area contributed by atoms with Crippen LogP contribution in [0.4, 0.5) is 11.4 Å². The highest BCUT2D eigenvalue weighted by Crippen LogP contribution is 2.39. The molecule has 0 aromatic heterocycles. The molecule has 0 radical (unpaired) electrons. The Labute approximate surface area is 374 Å². The van der Waals surface area contributed by atoms with E-state index in [4.69, 9.17) is 0 Å². The number of benzene rings is 6. The molecule has 6 aromatic rings. The molecule has 0 spiro atoms. The Morgan fingerprint density at radius 3 is 1.11 bits per heavy atom. The zero-order valence-electron chi connectivity index (χ0n) is 39.0. The number of aromatic hydroxyl groups is 2. The number of nitrogens with zero attached hydrogens (tertiary/aromatic N) is 2. The SMILES string of the molecule is CC(C)(C)c1cc(C=Nc2cccc(C(=O)c3ccc(Cc4ccc(C(=O)c5cccc(N=Cc6cc(C(C)(C)C)cc(C(C)(C)C)c6O)c5)cc4)cc3)c2)c(O)c(C(C)(C)C)c1. The molecule has 0 saturated heterocycles. The van der Waals surface area contributed by atoms with Gasteiger partial charge in [0.1, 0.15) is 11.5 Å². The number of carbonyl (C=O) groups excluding carboxylic acids is 2. The van der Waals surface area contributed by atoms with E-state index in [2.05, 4.69) is 105 Å². The lowest BCUT2D eigenvalue weighted by Gasteiger charge is -2.27. The molecule has 0 saturated carbocycles. The molecule has 0 aliphatic heterocycles. The zero-order chi connectivity index (χ0) is 46.1. The summed E-state index contributed by atoms with van der Waals surface area (Å²) in [6.45, 7) is 25.4. The molecule has 6 rings (SSSR count). The van der Waals surface area contributed by atoms with Crippen molar-refractivity contribution < 1.29 is 19.8 Å². The average molecular weight is 839 g/mol. The molecule has 0 fully saturated rings. The third kappa shape index (κ3) is 11.2. The maximum atomic E-state index is 13.6. The Morgan fingerprint density at radius 2 is 0.794 bits per heavy atom. The second-order valence-electron chi connectivity index (χ2n) is 20.8. The van der Waals surface area contributed by atoms with Gasteiger partial charge in [-0.15, -0.1) is 0 Å². The third-order valence-corrected chi connectivity index (χ3v) is 11.4. The number of hydrogen-bond donors (Lipinski definition) is 2. The van der Waals surface area contributed by atoms with Gasteiger partial charge in [-0.1, -0.05) is 168 Å². The van der Waals surface area contributed by atoms with Gasteiger partial charge in [-0.05, 0) is 86.7 Å². The van der Waals surface area contributed by atoms with Gasteiger partial charge in [0.25, 0.3) is 0 Å². The lowest BCUT2D eigenvalue weighted by atomic mass is 9.79. The quantitative estimate of drug-likeness (QED) is 0.106. The summed E-state index contributed by atoms with van der Waals surface area (Å²) in [5.41, 5.74) is 10.0. The molecular weight excluding hydrogens is 777 g/mol. The Hall–Kier alpha value is -6.40. The summed E-state index contributed by atoms with van der Waals surface area (Å²) in [5, 5.41) is 22.4. The number of rotatable bonds is 10. The van der Waals surface area contributed by atoms with Gasteiger partial charge < -0.3 is 10.2 Å². The molecule has 6 nitrogen and oxygen atoms in total. The van der Waals surface area contributed by atoms with Crippen molar-refractivity contribution in [1.82, 2.24) is 0 Å². The molecule has 0 atom stereocenters.